The molecular weight excluding hydrogens is 208 g/mol. The van der Waals surface area contributed by atoms with E-state index in [9.17, 15) is 9.59 Å². The monoisotopic (exact) mass is 230 g/mol. The van der Waals surface area contributed by atoms with Gasteiger partial charge in [-0.25, -0.2) is 0 Å². The molecule has 16 heavy (non-hydrogen) atoms. The summed E-state index contributed by atoms with van der Waals surface area (Å²) in [5, 5.41) is 17.6. The van der Waals surface area contributed by atoms with E-state index in [-0.39, 0.29) is 30.6 Å². The Kier molecular flexibility index (Phi) is 6.08. The van der Waals surface area contributed by atoms with Gasteiger partial charge in [0.1, 0.15) is 0 Å². The third-order valence-electron chi connectivity index (χ3n) is 3.36. The molecule has 2 N–H and O–H groups in total. The second kappa shape index (κ2) is 6.51. The van der Waals surface area contributed by atoms with Gasteiger partial charge in [0.05, 0.1) is 0 Å². The highest BCUT2D eigenvalue weighted by Crippen LogP contribution is 2.31. The van der Waals surface area contributed by atoms with Crippen LogP contribution in [0.2, 0.25) is 0 Å². The van der Waals surface area contributed by atoms with Crippen molar-refractivity contribution >= 4 is 11.9 Å². The fourth-order valence-electron chi connectivity index (χ4n) is 2.03. The summed E-state index contributed by atoms with van der Waals surface area (Å²) < 4.78 is 0. The number of carboxylic acid groups (broad SMARTS) is 2. The molecular formula is C12H22O4. The molecule has 0 aliphatic carbocycles. The molecule has 0 aliphatic heterocycles. The highest BCUT2D eigenvalue weighted by Gasteiger charge is 2.29. The largest absolute Gasteiger partial charge is 0.481 e. The van der Waals surface area contributed by atoms with Crippen LogP contribution in [0.5, 0.6) is 0 Å². The number of rotatable bonds is 7. The Morgan fingerprint density at radius 1 is 0.938 bits per heavy atom. The SMILES string of the molecule is CC(C)C(C)C(CC(=O)O)C(C)CC(=O)O. The van der Waals surface area contributed by atoms with Gasteiger partial charge >= 0.3 is 11.9 Å². The van der Waals surface area contributed by atoms with Crippen molar-refractivity contribution < 1.29 is 19.8 Å². The Hall–Kier alpha value is -1.06. The van der Waals surface area contributed by atoms with Gasteiger partial charge in [0.15, 0.2) is 0 Å². The van der Waals surface area contributed by atoms with Crippen LogP contribution in [0.15, 0.2) is 0 Å². The van der Waals surface area contributed by atoms with Crippen LogP contribution in [0.4, 0.5) is 0 Å². The van der Waals surface area contributed by atoms with Gasteiger partial charge in [-0.3, -0.25) is 9.59 Å². The summed E-state index contributed by atoms with van der Waals surface area (Å²) in [4.78, 5) is 21.4. The molecule has 3 unspecified atom stereocenters. The Bertz CT molecular complexity index is 247. The number of carboxylic acids is 2. The van der Waals surface area contributed by atoms with Crippen molar-refractivity contribution in [2.75, 3.05) is 0 Å². The van der Waals surface area contributed by atoms with Crippen molar-refractivity contribution in [3.05, 3.63) is 0 Å². The van der Waals surface area contributed by atoms with E-state index >= 15 is 0 Å². The molecule has 0 aromatic heterocycles. The standard InChI is InChI=1S/C12H22O4/c1-7(2)9(4)10(6-12(15)16)8(3)5-11(13)14/h7-10H,5-6H2,1-4H3,(H,13,14)(H,15,16). The molecule has 0 aliphatic rings. The van der Waals surface area contributed by atoms with Crippen LogP contribution in [0, 0.1) is 23.7 Å². The Labute approximate surface area is 96.7 Å². The van der Waals surface area contributed by atoms with E-state index in [1.807, 2.05) is 27.7 Å². The molecule has 0 aromatic carbocycles. The lowest BCUT2D eigenvalue weighted by atomic mass is 9.75. The fourth-order valence-corrected chi connectivity index (χ4v) is 2.03. The number of hydrogen-bond acceptors (Lipinski definition) is 2. The second-order valence-corrected chi connectivity index (χ2v) is 4.94. The first kappa shape index (κ1) is 14.9. The minimum atomic E-state index is -0.862. The van der Waals surface area contributed by atoms with Crippen LogP contribution >= 0.6 is 0 Å². The summed E-state index contributed by atoms with van der Waals surface area (Å²) >= 11 is 0. The van der Waals surface area contributed by atoms with Crippen molar-refractivity contribution in [3.63, 3.8) is 0 Å². The first-order valence-electron chi connectivity index (χ1n) is 5.69. The van der Waals surface area contributed by atoms with Crippen LogP contribution in [0.3, 0.4) is 0 Å². The van der Waals surface area contributed by atoms with Crippen LogP contribution in [-0.2, 0) is 9.59 Å². The van der Waals surface area contributed by atoms with Gasteiger partial charge in [-0.05, 0) is 23.7 Å². The average molecular weight is 230 g/mol. The van der Waals surface area contributed by atoms with E-state index in [0.29, 0.717) is 5.92 Å². The zero-order valence-electron chi connectivity index (χ0n) is 10.4. The van der Waals surface area contributed by atoms with E-state index in [2.05, 4.69) is 0 Å². The van der Waals surface area contributed by atoms with E-state index in [1.54, 1.807) is 0 Å². The zero-order valence-corrected chi connectivity index (χ0v) is 10.4. The molecule has 94 valence electrons. The van der Waals surface area contributed by atoms with Crippen LogP contribution in [-0.4, -0.2) is 22.2 Å². The quantitative estimate of drug-likeness (QED) is 0.704. The molecule has 4 nitrogen and oxygen atoms in total. The van der Waals surface area contributed by atoms with Crippen molar-refractivity contribution in [1.82, 2.24) is 0 Å². The van der Waals surface area contributed by atoms with Gasteiger partial charge in [-0.15, -0.1) is 0 Å². The van der Waals surface area contributed by atoms with Crippen molar-refractivity contribution in [2.24, 2.45) is 23.7 Å². The van der Waals surface area contributed by atoms with E-state index < -0.39 is 11.9 Å². The maximum absolute atomic E-state index is 10.8. The normalized spacial score (nSPS) is 16.8. The van der Waals surface area contributed by atoms with Crippen molar-refractivity contribution in [3.8, 4) is 0 Å². The maximum Gasteiger partial charge on any atom is 0.303 e. The molecule has 0 saturated carbocycles. The van der Waals surface area contributed by atoms with Gasteiger partial charge in [-0.1, -0.05) is 27.7 Å². The van der Waals surface area contributed by atoms with E-state index in [4.69, 9.17) is 10.2 Å². The maximum atomic E-state index is 10.8. The average Bonchev–Trinajstić information content (AvgIpc) is 2.11. The third kappa shape index (κ3) is 5.14. The molecule has 0 amide bonds. The van der Waals surface area contributed by atoms with E-state index in [1.165, 1.54) is 0 Å². The molecule has 3 atom stereocenters. The van der Waals surface area contributed by atoms with Crippen molar-refractivity contribution in [2.45, 2.75) is 40.5 Å². The van der Waals surface area contributed by atoms with Gasteiger partial charge in [0, 0.05) is 12.8 Å². The fraction of sp³-hybridized carbons (Fsp3) is 0.833. The van der Waals surface area contributed by atoms with E-state index in [0.717, 1.165) is 0 Å². The third-order valence-corrected chi connectivity index (χ3v) is 3.36. The molecule has 0 spiro atoms. The Morgan fingerprint density at radius 2 is 1.38 bits per heavy atom. The molecule has 0 aromatic rings. The number of aliphatic carboxylic acids is 2. The Morgan fingerprint density at radius 3 is 1.69 bits per heavy atom. The molecule has 4 heteroatoms. The first-order chi connectivity index (χ1) is 7.25. The Balaban J connectivity index is 4.64. The second-order valence-electron chi connectivity index (χ2n) is 4.94. The minimum absolute atomic E-state index is 0.0367. The van der Waals surface area contributed by atoms with Gasteiger partial charge in [0.2, 0.25) is 0 Å². The molecule has 0 radical (unpaired) electrons. The molecule has 0 bridgehead atoms. The lowest BCUT2D eigenvalue weighted by molar-refractivity contribution is -0.142. The lowest BCUT2D eigenvalue weighted by Gasteiger charge is -2.30. The summed E-state index contributed by atoms with van der Waals surface area (Å²) in [5.74, 6) is -1.32. The first-order valence-corrected chi connectivity index (χ1v) is 5.69. The minimum Gasteiger partial charge on any atom is -0.481 e. The van der Waals surface area contributed by atoms with Crippen LogP contribution < -0.4 is 0 Å². The lowest BCUT2D eigenvalue weighted by Crippen LogP contribution is -2.27. The highest BCUT2D eigenvalue weighted by atomic mass is 16.4. The van der Waals surface area contributed by atoms with Crippen molar-refractivity contribution in [1.29, 1.82) is 0 Å². The number of carbonyl (C=O) groups is 2. The van der Waals surface area contributed by atoms with Gasteiger partial charge < -0.3 is 10.2 Å². The summed E-state index contributed by atoms with van der Waals surface area (Å²) in [6.07, 6.45) is 0.0861. The molecule has 0 saturated heterocycles. The summed E-state index contributed by atoms with van der Waals surface area (Å²) in [6, 6.07) is 0. The smallest absolute Gasteiger partial charge is 0.303 e. The molecule has 0 rings (SSSR count). The summed E-state index contributed by atoms with van der Waals surface area (Å²) in [7, 11) is 0. The number of hydrogen-bond donors (Lipinski definition) is 2. The zero-order chi connectivity index (χ0) is 12.9. The topological polar surface area (TPSA) is 74.6 Å². The predicted octanol–water partition coefficient (Wildman–Crippen LogP) is 2.48. The van der Waals surface area contributed by atoms with Crippen LogP contribution in [0.1, 0.15) is 40.5 Å². The summed E-state index contributed by atoms with van der Waals surface area (Å²) in [5.41, 5.74) is 0. The highest BCUT2D eigenvalue weighted by molar-refractivity contribution is 5.68. The van der Waals surface area contributed by atoms with Crippen LogP contribution in [0.25, 0.3) is 0 Å². The predicted molar refractivity (Wildman–Crippen MR) is 61.2 cm³/mol. The summed E-state index contributed by atoms with van der Waals surface area (Å²) in [6.45, 7) is 7.89. The van der Waals surface area contributed by atoms with Gasteiger partial charge in [-0.2, -0.15) is 0 Å². The molecule has 0 heterocycles. The molecule has 0 fully saturated rings. The van der Waals surface area contributed by atoms with Gasteiger partial charge in [0.25, 0.3) is 0 Å².